The van der Waals surface area contributed by atoms with E-state index in [-0.39, 0.29) is 16.9 Å². The minimum Gasteiger partial charge on any atom is -0.497 e. The molecule has 1 heterocycles. The molecular formula is C21H21N3O3. The second kappa shape index (κ2) is 7.78. The maximum atomic E-state index is 12.7. The molecule has 0 saturated heterocycles. The molecule has 0 amide bonds. The molecule has 0 saturated carbocycles. The van der Waals surface area contributed by atoms with Gasteiger partial charge in [0, 0.05) is 23.2 Å². The van der Waals surface area contributed by atoms with Gasteiger partial charge in [-0.2, -0.15) is 0 Å². The number of methoxy groups -OCH3 is 1. The summed E-state index contributed by atoms with van der Waals surface area (Å²) >= 11 is 0. The minimum atomic E-state index is -0.364. The van der Waals surface area contributed by atoms with E-state index < -0.39 is 0 Å². The molecule has 0 atom stereocenters. The van der Waals surface area contributed by atoms with E-state index in [1.165, 1.54) is 10.8 Å². The average Bonchev–Trinajstić information content (AvgIpc) is 2.97. The lowest BCUT2D eigenvalue weighted by Gasteiger charge is -2.07. The van der Waals surface area contributed by atoms with Crippen LogP contribution in [0.5, 0.6) is 5.75 Å². The van der Waals surface area contributed by atoms with Crippen LogP contribution in [0.1, 0.15) is 23.0 Å². The number of H-pyrrole nitrogens is 1. The zero-order valence-electron chi connectivity index (χ0n) is 15.4. The second-order valence-corrected chi connectivity index (χ2v) is 6.13. The maximum absolute atomic E-state index is 12.7. The molecule has 2 aromatic carbocycles. The van der Waals surface area contributed by atoms with Gasteiger partial charge in [-0.15, -0.1) is 0 Å². The Labute approximate surface area is 157 Å². The summed E-state index contributed by atoms with van der Waals surface area (Å²) in [5.41, 5.74) is 2.44. The Hall–Kier alpha value is -3.54. The molecule has 3 rings (SSSR count). The lowest BCUT2D eigenvalue weighted by atomic mass is 10.1. The van der Waals surface area contributed by atoms with Crippen LogP contribution < -0.4 is 15.6 Å². The summed E-state index contributed by atoms with van der Waals surface area (Å²) in [6.45, 7) is 3.49. The number of carbonyl (C=O) groups is 1. The molecule has 0 spiro atoms. The minimum absolute atomic E-state index is 0.134. The summed E-state index contributed by atoms with van der Waals surface area (Å²) < 4.78 is 6.50. The highest BCUT2D eigenvalue weighted by Gasteiger charge is 2.18. The summed E-state index contributed by atoms with van der Waals surface area (Å²) in [6, 6.07) is 16.5. The van der Waals surface area contributed by atoms with Gasteiger partial charge in [-0.05, 0) is 50.2 Å². The molecule has 0 aliphatic rings. The summed E-state index contributed by atoms with van der Waals surface area (Å²) in [5, 5.41) is 6.10. The van der Waals surface area contributed by atoms with Gasteiger partial charge in [0.25, 0.3) is 5.56 Å². The standard InChI is InChI=1S/C21H21N3O3/c1-14(22-16-9-11-18(27-3)12-10-16)13-19(25)20-15(2)23-24(21(20)26)17-7-5-4-6-8-17/h4-13,22-23H,1-3H3/b14-13-. The molecule has 0 fully saturated rings. The Bertz CT molecular complexity index is 1030. The highest BCUT2D eigenvalue weighted by molar-refractivity contribution is 6.05. The van der Waals surface area contributed by atoms with Crippen molar-refractivity contribution in [3.8, 4) is 11.4 Å². The molecule has 0 aliphatic carbocycles. The van der Waals surface area contributed by atoms with Gasteiger partial charge in [0.2, 0.25) is 0 Å². The molecular weight excluding hydrogens is 342 g/mol. The number of aromatic amines is 1. The van der Waals surface area contributed by atoms with E-state index in [0.717, 1.165) is 11.4 Å². The predicted octanol–water partition coefficient (Wildman–Crippen LogP) is 3.68. The van der Waals surface area contributed by atoms with Gasteiger partial charge in [0.05, 0.1) is 12.8 Å². The molecule has 27 heavy (non-hydrogen) atoms. The number of aryl methyl sites for hydroxylation is 1. The van der Waals surface area contributed by atoms with Crippen molar-refractivity contribution in [2.45, 2.75) is 13.8 Å². The predicted molar refractivity (Wildman–Crippen MR) is 106 cm³/mol. The molecule has 3 aromatic rings. The number of hydrogen-bond acceptors (Lipinski definition) is 4. The van der Waals surface area contributed by atoms with E-state index in [1.807, 2.05) is 42.5 Å². The molecule has 0 bridgehead atoms. The van der Waals surface area contributed by atoms with Gasteiger partial charge in [0.1, 0.15) is 11.3 Å². The number of anilines is 1. The lowest BCUT2D eigenvalue weighted by Crippen LogP contribution is -2.20. The van der Waals surface area contributed by atoms with Gasteiger partial charge in [-0.3, -0.25) is 14.7 Å². The van der Waals surface area contributed by atoms with Crippen LogP contribution in [-0.2, 0) is 0 Å². The third-order valence-corrected chi connectivity index (χ3v) is 4.11. The van der Waals surface area contributed by atoms with Crippen LogP contribution in [0.25, 0.3) is 5.69 Å². The van der Waals surface area contributed by atoms with Gasteiger partial charge in [-0.25, -0.2) is 4.68 Å². The Kier molecular flexibility index (Phi) is 5.26. The Morgan fingerprint density at radius 2 is 1.78 bits per heavy atom. The first kappa shape index (κ1) is 18.3. The number of hydrogen-bond donors (Lipinski definition) is 2. The zero-order chi connectivity index (χ0) is 19.4. The van der Waals surface area contributed by atoms with Gasteiger partial charge >= 0.3 is 0 Å². The molecule has 138 valence electrons. The topological polar surface area (TPSA) is 76.1 Å². The number of nitrogens with one attached hydrogen (secondary N) is 2. The van der Waals surface area contributed by atoms with Crippen molar-refractivity contribution in [2.24, 2.45) is 0 Å². The van der Waals surface area contributed by atoms with E-state index in [4.69, 9.17) is 4.74 Å². The highest BCUT2D eigenvalue weighted by Crippen LogP contribution is 2.17. The molecule has 0 unspecified atom stereocenters. The summed E-state index contributed by atoms with van der Waals surface area (Å²) in [5.74, 6) is 0.407. The van der Waals surface area contributed by atoms with Crippen molar-refractivity contribution in [3.63, 3.8) is 0 Å². The third-order valence-electron chi connectivity index (χ3n) is 4.11. The van der Waals surface area contributed by atoms with Gasteiger partial charge in [-0.1, -0.05) is 18.2 Å². The van der Waals surface area contributed by atoms with E-state index in [2.05, 4.69) is 10.4 Å². The Balaban J connectivity index is 1.84. The molecule has 0 aliphatic heterocycles. The normalized spacial score (nSPS) is 11.3. The number of benzene rings is 2. The van der Waals surface area contributed by atoms with Crippen LogP contribution in [0.3, 0.4) is 0 Å². The monoisotopic (exact) mass is 363 g/mol. The fraction of sp³-hybridized carbons (Fsp3) is 0.143. The van der Waals surface area contributed by atoms with Crippen LogP contribution in [0.2, 0.25) is 0 Å². The smallest absolute Gasteiger partial charge is 0.282 e. The maximum Gasteiger partial charge on any atom is 0.282 e. The SMILES string of the molecule is COc1ccc(N/C(C)=C\C(=O)c2c(C)[nH]n(-c3ccccc3)c2=O)cc1. The number of carbonyl (C=O) groups excluding carboxylic acids is 1. The quantitative estimate of drug-likeness (QED) is 0.517. The Morgan fingerprint density at radius 1 is 1.11 bits per heavy atom. The summed E-state index contributed by atoms with van der Waals surface area (Å²) in [7, 11) is 1.60. The summed E-state index contributed by atoms with van der Waals surface area (Å²) in [6.07, 6.45) is 1.43. The van der Waals surface area contributed by atoms with E-state index in [0.29, 0.717) is 17.1 Å². The van der Waals surface area contributed by atoms with E-state index >= 15 is 0 Å². The van der Waals surface area contributed by atoms with Crippen molar-refractivity contribution in [2.75, 3.05) is 12.4 Å². The number of aromatic nitrogens is 2. The fourth-order valence-corrected chi connectivity index (χ4v) is 2.80. The van der Waals surface area contributed by atoms with Crippen LogP contribution in [0.4, 0.5) is 5.69 Å². The van der Waals surface area contributed by atoms with Crippen molar-refractivity contribution in [1.82, 2.24) is 9.78 Å². The first-order valence-electron chi connectivity index (χ1n) is 8.50. The fourth-order valence-electron chi connectivity index (χ4n) is 2.80. The molecule has 0 radical (unpaired) electrons. The second-order valence-electron chi connectivity index (χ2n) is 6.13. The van der Waals surface area contributed by atoms with Crippen molar-refractivity contribution in [1.29, 1.82) is 0 Å². The average molecular weight is 363 g/mol. The van der Waals surface area contributed by atoms with E-state index in [9.17, 15) is 9.59 Å². The Morgan fingerprint density at radius 3 is 2.41 bits per heavy atom. The number of ether oxygens (including phenoxy) is 1. The zero-order valence-corrected chi connectivity index (χ0v) is 15.4. The first-order valence-corrected chi connectivity index (χ1v) is 8.50. The first-order chi connectivity index (χ1) is 13.0. The van der Waals surface area contributed by atoms with Crippen molar-refractivity contribution >= 4 is 11.5 Å². The number of ketones is 1. The summed E-state index contributed by atoms with van der Waals surface area (Å²) in [4.78, 5) is 25.4. The molecule has 6 nitrogen and oxygen atoms in total. The largest absolute Gasteiger partial charge is 0.497 e. The number of para-hydroxylation sites is 1. The number of rotatable bonds is 6. The van der Waals surface area contributed by atoms with Crippen molar-refractivity contribution in [3.05, 3.63) is 88.0 Å². The molecule has 1 aromatic heterocycles. The highest BCUT2D eigenvalue weighted by atomic mass is 16.5. The van der Waals surface area contributed by atoms with Gasteiger partial charge in [0.15, 0.2) is 5.78 Å². The number of nitrogens with zero attached hydrogens (tertiary/aromatic N) is 1. The molecule has 2 N–H and O–H groups in total. The van der Waals surface area contributed by atoms with Crippen LogP contribution in [-0.4, -0.2) is 22.7 Å². The van der Waals surface area contributed by atoms with Crippen LogP contribution >= 0.6 is 0 Å². The van der Waals surface area contributed by atoms with Gasteiger partial charge < -0.3 is 10.1 Å². The third kappa shape index (κ3) is 4.00. The van der Waals surface area contributed by atoms with Crippen molar-refractivity contribution < 1.29 is 9.53 Å². The van der Waals surface area contributed by atoms with Crippen LogP contribution in [0.15, 0.2) is 71.2 Å². The molecule has 6 heteroatoms. The lowest BCUT2D eigenvalue weighted by molar-refractivity contribution is 0.104. The van der Waals surface area contributed by atoms with Crippen LogP contribution in [0, 0.1) is 6.92 Å². The number of allylic oxidation sites excluding steroid dienone is 2. The van der Waals surface area contributed by atoms with E-state index in [1.54, 1.807) is 33.1 Å².